The molecule has 2 aliphatic rings. The molecule has 1 saturated heterocycles. The van der Waals surface area contributed by atoms with Gasteiger partial charge in [-0.2, -0.15) is 0 Å². The molecule has 16 heavy (non-hydrogen) atoms. The summed E-state index contributed by atoms with van der Waals surface area (Å²) in [6.07, 6.45) is 3.56. The van der Waals surface area contributed by atoms with Gasteiger partial charge in [0.25, 0.3) is 0 Å². The van der Waals surface area contributed by atoms with Crippen LogP contribution in [-0.4, -0.2) is 50.0 Å². The zero-order valence-corrected chi connectivity index (χ0v) is 10.7. The van der Waals surface area contributed by atoms with Crippen LogP contribution in [0.4, 0.5) is 0 Å². The monoisotopic (exact) mass is 246 g/mol. The highest BCUT2D eigenvalue weighted by Gasteiger charge is 2.32. The highest BCUT2D eigenvalue weighted by Crippen LogP contribution is 2.26. The Morgan fingerprint density at radius 1 is 1.38 bits per heavy atom. The Morgan fingerprint density at radius 3 is 2.69 bits per heavy atom. The van der Waals surface area contributed by atoms with Gasteiger partial charge in [-0.1, -0.05) is 6.42 Å². The maximum absolute atomic E-state index is 11.5. The van der Waals surface area contributed by atoms with Crippen molar-refractivity contribution in [1.82, 2.24) is 4.90 Å². The van der Waals surface area contributed by atoms with Crippen LogP contribution in [-0.2, 0) is 9.84 Å². The van der Waals surface area contributed by atoms with E-state index in [9.17, 15) is 8.42 Å². The van der Waals surface area contributed by atoms with E-state index in [1.807, 2.05) is 6.92 Å². The molecule has 1 aliphatic carbocycles. The van der Waals surface area contributed by atoms with Gasteiger partial charge in [0.2, 0.25) is 0 Å². The minimum absolute atomic E-state index is 0.159. The van der Waals surface area contributed by atoms with Crippen LogP contribution in [0.15, 0.2) is 0 Å². The van der Waals surface area contributed by atoms with Gasteiger partial charge in [-0.15, -0.1) is 0 Å². The summed E-state index contributed by atoms with van der Waals surface area (Å²) >= 11 is 0. The summed E-state index contributed by atoms with van der Waals surface area (Å²) in [7, 11) is -2.78. The molecule has 0 aromatic heterocycles. The SMILES string of the molecule is CC1CS(=O)(=O)CCN1CC1CCCC1N. The van der Waals surface area contributed by atoms with Gasteiger partial charge < -0.3 is 5.73 Å². The molecule has 1 saturated carbocycles. The van der Waals surface area contributed by atoms with Crippen molar-refractivity contribution >= 4 is 9.84 Å². The number of hydrogen-bond acceptors (Lipinski definition) is 4. The van der Waals surface area contributed by atoms with Crippen molar-refractivity contribution in [3.8, 4) is 0 Å². The van der Waals surface area contributed by atoms with Crippen LogP contribution in [0.2, 0.25) is 0 Å². The van der Waals surface area contributed by atoms with Crippen LogP contribution in [0.5, 0.6) is 0 Å². The molecule has 4 nitrogen and oxygen atoms in total. The molecule has 1 heterocycles. The summed E-state index contributed by atoms with van der Waals surface area (Å²) in [6, 6.07) is 0.484. The second kappa shape index (κ2) is 4.63. The summed E-state index contributed by atoms with van der Waals surface area (Å²) in [6.45, 7) is 3.68. The molecule has 2 fully saturated rings. The molecule has 0 aromatic carbocycles. The molecule has 0 radical (unpaired) electrons. The minimum Gasteiger partial charge on any atom is -0.327 e. The maximum Gasteiger partial charge on any atom is 0.153 e. The van der Waals surface area contributed by atoms with E-state index in [-0.39, 0.29) is 6.04 Å². The van der Waals surface area contributed by atoms with Crippen LogP contribution in [0.3, 0.4) is 0 Å². The molecule has 5 heteroatoms. The predicted molar refractivity (Wildman–Crippen MR) is 65.0 cm³/mol. The van der Waals surface area contributed by atoms with Gasteiger partial charge in [0.1, 0.15) is 0 Å². The lowest BCUT2D eigenvalue weighted by Crippen LogP contribution is -2.49. The van der Waals surface area contributed by atoms with Crippen LogP contribution < -0.4 is 5.73 Å². The highest BCUT2D eigenvalue weighted by molar-refractivity contribution is 7.91. The van der Waals surface area contributed by atoms with E-state index in [0.29, 0.717) is 30.0 Å². The van der Waals surface area contributed by atoms with Crippen LogP contribution in [0.25, 0.3) is 0 Å². The quantitative estimate of drug-likeness (QED) is 0.758. The number of nitrogens with zero attached hydrogens (tertiary/aromatic N) is 1. The topological polar surface area (TPSA) is 63.4 Å². The molecular weight excluding hydrogens is 224 g/mol. The first-order valence-corrected chi connectivity index (χ1v) is 8.00. The van der Waals surface area contributed by atoms with Crippen molar-refractivity contribution in [2.24, 2.45) is 11.7 Å². The van der Waals surface area contributed by atoms with Crippen LogP contribution in [0.1, 0.15) is 26.2 Å². The van der Waals surface area contributed by atoms with E-state index in [2.05, 4.69) is 4.90 Å². The third kappa shape index (κ3) is 2.76. The van der Waals surface area contributed by atoms with Gasteiger partial charge >= 0.3 is 0 Å². The van der Waals surface area contributed by atoms with Crippen LogP contribution >= 0.6 is 0 Å². The molecule has 2 N–H and O–H groups in total. The van der Waals surface area contributed by atoms with Crippen molar-refractivity contribution in [2.45, 2.75) is 38.3 Å². The Kier molecular flexibility index (Phi) is 3.56. The van der Waals surface area contributed by atoms with E-state index in [0.717, 1.165) is 13.0 Å². The average Bonchev–Trinajstić information content (AvgIpc) is 2.56. The zero-order chi connectivity index (χ0) is 11.8. The molecule has 94 valence electrons. The Bertz CT molecular complexity index is 342. The molecule has 0 amide bonds. The Labute approximate surface area is 98.1 Å². The number of sulfone groups is 1. The van der Waals surface area contributed by atoms with Crippen molar-refractivity contribution < 1.29 is 8.42 Å². The van der Waals surface area contributed by atoms with E-state index < -0.39 is 9.84 Å². The standard InChI is InChI=1S/C11H22N2O2S/c1-9-8-16(14,15)6-5-13(9)7-10-3-2-4-11(10)12/h9-11H,2-8,12H2,1H3. The average molecular weight is 246 g/mol. The molecule has 2 rings (SSSR count). The Morgan fingerprint density at radius 2 is 2.12 bits per heavy atom. The molecule has 3 unspecified atom stereocenters. The van der Waals surface area contributed by atoms with Gasteiger partial charge in [-0.05, 0) is 25.7 Å². The first kappa shape index (κ1) is 12.3. The lowest BCUT2D eigenvalue weighted by atomic mass is 10.0. The van der Waals surface area contributed by atoms with E-state index >= 15 is 0 Å². The minimum atomic E-state index is -2.78. The van der Waals surface area contributed by atoms with Gasteiger partial charge in [0.15, 0.2) is 9.84 Å². The third-order valence-electron chi connectivity index (χ3n) is 3.99. The fourth-order valence-corrected chi connectivity index (χ4v) is 4.52. The summed E-state index contributed by atoms with van der Waals surface area (Å²) < 4.78 is 22.9. The summed E-state index contributed by atoms with van der Waals surface area (Å²) in [5.41, 5.74) is 6.05. The predicted octanol–water partition coefficient (Wildman–Crippen LogP) is 0.233. The fourth-order valence-electron chi connectivity index (χ4n) is 2.90. The van der Waals surface area contributed by atoms with E-state index in [1.165, 1.54) is 12.8 Å². The van der Waals surface area contributed by atoms with Crippen LogP contribution in [0, 0.1) is 5.92 Å². The van der Waals surface area contributed by atoms with Crippen molar-refractivity contribution in [2.75, 3.05) is 24.6 Å². The normalized spacial score (nSPS) is 40.0. The molecule has 0 bridgehead atoms. The first-order chi connectivity index (χ1) is 7.48. The molecule has 0 spiro atoms. The first-order valence-electron chi connectivity index (χ1n) is 6.18. The van der Waals surface area contributed by atoms with Crippen molar-refractivity contribution in [3.63, 3.8) is 0 Å². The second-order valence-corrected chi connectivity index (χ2v) is 7.54. The van der Waals surface area contributed by atoms with Gasteiger partial charge in [-0.3, -0.25) is 4.90 Å². The second-order valence-electron chi connectivity index (χ2n) is 5.31. The number of hydrogen-bond donors (Lipinski definition) is 1. The Balaban J connectivity index is 1.91. The maximum atomic E-state index is 11.5. The van der Waals surface area contributed by atoms with E-state index in [4.69, 9.17) is 5.73 Å². The van der Waals surface area contributed by atoms with Crippen molar-refractivity contribution in [3.05, 3.63) is 0 Å². The fraction of sp³-hybridized carbons (Fsp3) is 1.00. The van der Waals surface area contributed by atoms with Gasteiger partial charge in [0.05, 0.1) is 11.5 Å². The van der Waals surface area contributed by atoms with Gasteiger partial charge in [-0.25, -0.2) is 8.42 Å². The molecular formula is C11H22N2O2S. The largest absolute Gasteiger partial charge is 0.327 e. The summed E-state index contributed by atoms with van der Waals surface area (Å²) in [4.78, 5) is 2.30. The van der Waals surface area contributed by atoms with Crippen molar-refractivity contribution in [1.29, 1.82) is 0 Å². The summed E-state index contributed by atoms with van der Waals surface area (Å²) in [5, 5.41) is 0. The summed E-state index contributed by atoms with van der Waals surface area (Å²) in [5.74, 6) is 1.21. The smallest absolute Gasteiger partial charge is 0.153 e. The zero-order valence-electron chi connectivity index (χ0n) is 9.93. The lowest BCUT2D eigenvalue weighted by molar-refractivity contribution is 0.186. The third-order valence-corrected chi connectivity index (χ3v) is 5.79. The highest BCUT2D eigenvalue weighted by atomic mass is 32.2. The lowest BCUT2D eigenvalue weighted by Gasteiger charge is -2.35. The Hall–Kier alpha value is -0.130. The number of nitrogens with two attached hydrogens (primary N) is 1. The molecule has 3 atom stereocenters. The molecule has 1 aliphatic heterocycles. The number of rotatable bonds is 2. The molecule has 0 aromatic rings. The van der Waals surface area contributed by atoms with E-state index in [1.54, 1.807) is 0 Å². The van der Waals surface area contributed by atoms with Gasteiger partial charge in [0, 0.05) is 25.2 Å².